The number of alkyl halides is 3. The van der Waals surface area contributed by atoms with Gasteiger partial charge in [0.1, 0.15) is 0 Å². The van der Waals surface area contributed by atoms with Gasteiger partial charge in [-0.1, -0.05) is 18.2 Å². The summed E-state index contributed by atoms with van der Waals surface area (Å²) in [5.41, 5.74) is -0.307. The third kappa shape index (κ3) is 4.49. The van der Waals surface area contributed by atoms with Crippen molar-refractivity contribution in [3.63, 3.8) is 0 Å². The van der Waals surface area contributed by atoms with Gasteiger partial charge in [0, 0.05) is 19.5 Å². The van der Waals surface area contributed by atoms with Crippen LogP contribution in [0.4, 0.5) is 13.2 Å². The molecule has 1 aromatic rings. The second-order valence-electron chi connectivity index (χ2n) is 3.51. The molecular formula is C13H14F3N. The molecule has 0 bridgehead atoms. The van der Waals surface area contributed by atoms with Crippen LogP contribution in [-0.4, -0.2) is 6.54 Å². The maximum Gasteiger partial charge on any atom is 0.416 e. The number of hydrogen-bond donors (Lipinski definition) is 1. The van der Waals surface area contributed by atoms with E-state index in [0.717, 1.165) is 6.07 Å². The van der Waals surface area contributed by atoms with E-state index in [9.17, 15) is 13.2 Å². The maximum atomic E-state index is 12.6. The van der Waals surface area contributed by atoms with Crippen LogP contribution in [0.1, 0.15) is 24.5 Å². The van der Waals surface area contributed by atoms with Gasteiger partial charge in [0.15, 0.2) is 0 Å². The summed E-state index contributed by atoms with van der Waals surface area (Å²) in [6.45, 7) is 2.53. The summed E-state index contributed by atoms with van der Waals surface area (Å²) in [7, 11) is 0. The van der Waals surface area contributed by atoms with Crippen LogP contribution in [-0.2, 0) is 12.7 Å². The Kier molecular flexibility index (Phi) is 5.05. The number of halogens is 3. The van der Waals surface area contributed by atoms with Gasteiger partial charge in [-0.2, -0.15) is 13.2 Å². The van der Waals surface area contributed by atoms with E-state index in [1.165, 1.54) is 12.1 Å². The Morgan fingerprint density at radius 2 is 1.94 bits per heavy atom. The van der Waals surface area contributed by atoms with Crippen molar-refractivity contribution in [3.05, 3.63) is 35.4 Å². The monoisotopic (exact) mass is 241 g/mol. The van der Waals surface area contributed by atoms with Crippen molar-refractivity contribution in [1.29, 1.82) is 0 Å². The molecule has 0 radical (unpaired) electrons. The molecule has 1 aromatic carbocycles. The zero-order valence-electron chi connectivity index (χ0n) is 9.56. The first-order chi connectivity index (χ1) is 8.05. The number of rotatable bonds is 4. The van der Waals surface area contributed by atoms with Gasteiger partial charge in [0.2, 0.25) is 0 Å². The van der Waals surface area contributed by atoms with Gasteiger partial charge in [0.05, 0.1) is 5.56 Å². The molecule has 0 spiro atoms. The third-order valence-corrected chi connectivity index (χ3v) is 2.24. The van der Waals surface area contributed by atoms with Crippen LogP contribution in [0.2, 0.25) is 0 Å². The van der Waals surface area contributed by atoms with Crippen molar-refractivity contribution in [2.45, 2.75) is 26.1 Å². The Hall–Kier alpha value is -1.47. The predicted molar refractivity (Wildman–Crippen MR) is 61.2 cm³/mol. The molecule has 92 valence electrons. The summed E-state index contributed by atoms with van der Waals surface area (Å²) >= 11 is 0. The van der Waals surface area contributed by atoms with Crippen molar-refractivity contribution in [3.8, 4) is 11.8 Å². The molecule has 0 heterocycles. The van der Waals surface area contributed by atoms with E-state index in [0.29, 0.717) is 13.0 Å². The molecule has 0 amide bonds. The Morgan fingerprint density at radius 1 is 1.24 bits per heavy atom. The van der Waals surface area contributed by atoms with Crippen LogP contribution in [0.3, 0.4) is 0 Å². The highest BCUT2D eigenvalue weighted by Crippen LogP contribution is 2.31. The molecule has 0 aliphatic rings. The molecule has 0 aromatic heterocycles. The summed E-state index contributed by atoms with van der Waals surface area (Å²) in [5.74, 6) is 5.58. The molecule has 1 rings (SSSR count). The minimum Gasteiger partial charge on any atom is -0.312 e. The predicted octanol–water partition coefficient (Wildman–Crippen LogP) is 3.21. The molecule has 0 aliphatic carbocycles. The summed E-state index contributed by atoms with van der Waals surface area (Å²) in [6, 6.07) is 5.59. The highest BCUT2D eigenvalue weighted by molar-refractivity contribution is 5.29. The van der Waals surface area contributed by atoms with Gasteiger partial charge in [-0.15, -0.1) is 11.8 Å². The van der Waals surface area contributed by atoms with Crippen LogP contribution >= 0.6 is 0 Å². The van der Waals surface area contributed by atoms with Crippen molar-refractivity contribution >= 4 is 0 Å². The Balaban J connectivity index is 2.61. The average Bonchev–Trinajstić information content (AvgIpc) is 2.28. The number of benzene rings is 1. The first-order valence-corrected chi connectivity index (χ1v) is 5.31. The second kappa shape index (κ2) is 6.31. The zero-order chi connectivity index (χ0) is 12.7. The summed E-state index contributed by atoms with van der Waals surface area (Å²) in [6.07, 6.45) is -3.65. The van der Waals surface area contributed by atoms with Gasteiger partial charge >= 0.3 is 6.18 Å². The molecule has 1 N–H and O–H groups in total. The van der Waals surface area contributed by atoms with E-state index < -0.39 is 11.7 Å². The van der Waals surface area contributed by atoms with Gasteiger partial charge in [-0.25, -0.2) is 0 Å². The summed E-state index contributed by atoms with van der Waals surface area (Å²) in [5, 5.41) is 2.95. The van der Waals surface area contributed by atoms with Gasteiger partial charge in [-0.3, -0.25) is 0 Å². The lowest BCUT2D eigenvalue weighted by atomic mass is 10.1. The molecule has 0 aliphatic heterocycles. The number of hydrogen-bond acceptors (Lipinski definition) is 1. The van der Waals surface area contributed by atoms with E-state index in [2.05, 4.69) is 17.2 Å². The topological polar surface area (TPSA) is 12.0 Å². The molecule has 0 atom stereocenters. The number of nitrogens with one attached hydrogen (secondary N) is 1. The molecule has 0 saturated heterocycles. The molecule has 0 fully saturated rings. The van der Waals surface area contributed by atoms with E-state index in [1.54, 1.807) is 13.0 Å². The van der Waals surface area contributed by atoms with Gasteiger partial charge < -0.3 is 5.32 Å². The molecule has 1 nitrogen and oxygen atoms in total. The van der Waals surface area contributed by atoms with E-state index in [1.807, 2.05) is 0 Å². The second-order valence-corrected chi connectivity index (χ2v) is 3.51. The van der Waals surface area contributed by atoms with Crippen LogP contribution in [0.15, 0.2) is 24.3 Å². The molecule has 17 heavy (non-hydrogen) atoms. The quantitative estimate of drug-likeness (QED) is 0.630. The lowest BCUT2D eigenvalue weighted by molar-refractivity contribution is -0.138. The van der Waals surface area contributed by atoms with Crippen molar-refractivity contribution in [2.24, 2.45) is 0 Å². The standard InChI is InChI=1S/C13H14F3N/c1-2-3-6-9-17-10-11-7-4-5-8-12(11)13(14,15)16/h4-5,7-8,17H,6,9-10H2,1H3. The molecule has 0 unspecified atom stereocenters. The Labute approximate surface area is 99.0 Å². The minimum absolute atomic E-state index is 0.209. The van der Waals surface area contributed by atoms with E-state index in [4.69, 9.17) is 0 Å². The Bertz CT molecular complexity index is 413. The van der Waals surface area contributed by atoms with Crippen LogP contribution in [0.5, 0.6) is 0 Å². The van der Waals surface area contributed by atoms with Crippen molar-refractivity contribution < 1.29 is 13.2 Å². The fraction of sp³-hybridized carbons (Fsp3) is 0.385. The van der Waals surface area contributed by atoms with Crippen LogP contribution in [0, 0.1) is 11.8 Å². The lowest BCUT2D eigenvalue weighted by Crippen LogP contribution is -2.18. The fourth-order valence-corrected chi connectivity index (χ4v) is 1.45. The maximum absolute atomic E-state index is 12.6. The van der Waals surface area contributed by atoms with E-state index in [-0.39, 0.29) is 12.1 Å². The van der Waals surface area contributed by atoms with Crippen molar-refractivity contribution in [1.82, 2.24) is 5.32 Å². The molecule has 4 heteroatoms. The highest BCUT2D eigenvalue weighted by Gasteiger charge is 2.32. The third-order valence-electron chi connectivity index (χ3n) is 2.24. The normalized spacial score (nSPS) is 10.8. The zero-order valence-corrected chi connectivity index (χ0v) is 9.56. The highest BCUT2D eigenvalue weighted by atomic mass is 19.4. The molecular weight excluding hydrogens is 227 g/mol. The fourth-order valence-electron chi connectivity index (χ4n) is 1.45. The lowest BCUT2D eigenvalue weighted by Gasteiger charge is -2.12. The van der Waals surface area contributed by atoms with Gasteiger partial charge in [0.25, 0.3) is 0 Å². The van der Waals surface area contributed by atoms with E-state index >= 15 is 0 Å². The van der Waals surface area contributed by atoms with Crippen LogP contribution < -0.4 is 5.32 Å². The average molecular weight is 241 g/mol. The van der Waals surface area contributed by atoms with Crippen molar-refractivity contribution in [2.75, 3.05) is 6.54 Å². The first kappa shape index (κ1) is 13.6. The SMILES string of the molecule is CC#CCCNCc1ccccc1C(F)(F)F. The first-order valence-electron chi connectivity index (χ1n) is 5.31. The Morgan fingerprint density at radius 3 is 2.59 bits per heavy atom. The van der Waals surface area contributed by atoms with Gasteiger partial charge in [-0.05, 0) is 18.6 Å². The summed E-state index contributed by atoms with van der Waals surface area (Å²) in [4.78, 5) is 0. The summed E-state index contributed by atoms with van der Waals surface area (Å²) < 4.78 is 37.9. The molecule has 0 saturated carbocycles. The largest absolute Gasteiger partial charge is 0.416 e. The minimum atomic E-state index is -4.29. The van der Waals surface area contributed by atoms with Crippen LogP contribution in [0.25, 0.3) is 0 Å². The smallest absolute Gasteiger partial charge is 0.312 e.